The number of nitrogens with zero attached hydrogens (tertiary/aromatic N) is 2. The maximum absolute atomic E-state index is 12.0. The minimum Gasteiger partial charge on any atom is -0.461 e. The predicted molar refractivity (Wildman–Crippen MR) is 68.9 cm³/mol. The van der Waals surface area contributed by atoms with Crippen LogP contribution in [0.2, 0.25) is 5.22 Å². The molecule has 8 heteroatoms. The molecule has 20 heavy (non-hydrogen) atoms. The van der Waals surface area contributed by atoms with Crippen LogP contribution in [0.3, 0.4) is 0 Å². The van der Waals surface area contributed by atoms with Crippen LogP contribution in [0.25, 0.3) is 0 Å². The number of halogens is 1. The summed E-state index contributed by atoms with van der Waals surface area (Å²) < 4.78 is 14.8. The Labute approximate surface area is 119 Å². The van der Waals surface area contributed by atoms with Crippen molar-refractivity contribution in [1.29, 1.82) is 0 Å². The van der Waals surface area contributed by atoms with E-state index < -0.39 is 11.9 Å². The zero-order valence-electron chi connectivity index (χ0n) is 10.8. The molecule has 0 aliphatic carbocycles. The standard InChI is InChI=1S/C12H11ClN2O5/c1-3-18-11(17)7-6-19-12(14-7)15(2)10(16)8-4-5-9(13)20-8/h4-6H,3H2,1-2H3. The number of rotatable bonds is 4. The van der Waals surface area contributed by atoms with Crippen molar-refractivity contribution >= 4 is 29.5 Å². The van der Waals surface area contributed by atoms with Crippen molar-refractivity contribution in [3.05, 3.63) is 35.1 Å². The Kier molecular flexibility index (Phi) is 4.09. The highest BCUT2D eigenvalue weighted by molar-refractivity contribution is 6.29. The van der Waals surface area contributed by atoms with Crippen molar-refractivity contribution < 1.29 is 23.2 Å². The van der Waals surface area contributed by atoms with Gasteiger partial charge in [0.05, 0.1) is 6.61 Å². The van der Waals surface area contributed by atoms with Crippen molar-refractivity contribution in [2.75, 3.05) is 18.6 Å². The summed E-state index contributed by atoms with van der Waals surface area (Å²) in [6.07, 6.45) is 1.12. The first-order valence-corrected chi connectivity index (χ1v) is 6.06. The van der Waals surface area contributed by atoms with Crippen molar-refractivity contribution in [3.63, 3.8) is 0 Å². The number of esters is 1. The number of aromatic nitrogens is 1. The summed E-state index contributed by atoms with van der Waals surface area (Å²) in [5, 5.41) is 0.0985. The number of hydrogen-bond acceptors (Lipinski definition) is 6. The molecule has 0 spiro atoms. The van der Waals surface area contributed by atoms with Gasteiger partial charge in [-0.15, -0.1) is 0 Å². The summed E-state index contributed by atoms with van der Waals surface area (Å²) in [6.45, 7) is 1.90. The third-order valence-corrected chi connectivity index (χ3v) is 2.56. The monoisotopic (exact) mass is 298 g/mol. The highest BCUT2D eigenvalue weighted by atomic mass is 35.5. The molecule has 2 rings (SSSR count). The highest BCUT2D eigenvalue weighted by Crippen LogP contribution is 2.19. The van der Waals surface area contributed by atoms with E-state index in [-0.39, 0.29) is 29.3 Å². The molecule has 2 heterocycles. The van der Waals surface area contributed by atoms with E-state index in [1.807, 2.05) is 0 Å². The van der Waals surface area contributed by atoms with E-state index in [1.54, 1.807) is 6.92 Å². The van der Waals surface area contributed by atoms with Gasteiger partial charge in [-0.1, -0.05) is 0 Å². The Morgan fingerprint density at radius 3 is 2.80 bits per heavy atom. The molecule has 0 bridgehead atoms. The van der Waals surface area contributed by atoms with Crippen LogP contribution < -0.4 is 4.90 Å². The maximum Gasteiger partial charge on any atom is 0.360 e. The third-order valence-electron chi connectivity index (χ3n) is 2.35. The molecule has 0 atom stereocenters. The van der Waals surface area contributed by atoms with Crippen molar-refractivity contribution in [3.8, 4) is 0 Å². The fourth-order valence-electron chi connectivity index (χ4n) is 1.40. The second kappa shape index (κ2) is 5.79. The van der Waals surface area contributed by atoms with Gasteiger partial charge in [0.2, 0.25) is 0 Å². The van der Waals surface area contributed by atoms with E-state index in [4.69, 9.17) is 25.2 Å². The summed E-state index contributed by atoms with van der Waals surface area (Å²) in [7, 11) is 1.43. The van der Waals surface area contributed by atoms with Gasteiger partial charge in [0.15, 0.2) is 16.7 Å². The fraction of sp³-hybridized carbons (Fsp3) is 0.250. The Morgan fingerprint density at radius 2 is 2.20 bits per heavy atom. The van der Waals surface area contributed by atoms with Crippen LogP contribution in [0.4, 0.5) is 6.01 Å². The lowest BCUT2D eigenvalue weighted by Gasteiger charge is -2.09. The second-order valence-electron chi connectivity index (χ2n) is 3.70. The van der Waals surface area contributed by atoms with Crippen LogP contribution in [0.15, 0.2) is 27.2 Å². The third kappa shape index (κ3) is 2.83. The molecule has 0 N–H and O–H groups in total. The highest BCUT2D eigenvalue weighted by Gasteiger charge is 2.23. The largest absolute Gasteiger partial charge is 0.461 e. The molecule has 0 saturated heterocycles. The lowest BCUT2D eigenvalue weighted by molar-refractivity contribution is 0.0519. The smallest absolute Gasteiger partial charge is 0.360 e. The first kappa shape index (κ1) is 14.1. The van der Waals surface area contributed by atoms with Gasteiger partial charge in [-0.25, -0.2) is 4.79 Å². The SMILES string of the molecule is CCOC(=O)c1coc(N(C)C(=O)c2ccc(Cl)o2)n1. The van der Waals surface area contributed by atoms with Crippen LogP contribution in [0, 0.1) is 0 Å². The fourth-order valence-corrected chi connectivity index (χ4v) is 1.54. The van der Waals surface area contributed by atoms with Crippen LogP contribution in [-0.2, 0) is 4.74 Å². The Balaban J connectivity index is 2.15. The second-order valence-corrected chi connectivity index (χ2v) is 4.08. The van der Waals surface area contributed by atoms with Gasteiger partial charge in [0.1, 0.15) is 6.26 Å². The quantitative estimate of drug-likeness (QED) is 0.806. The van der Waals surface area contributed by atoms with Gasteiger partial charge in [-0.05, 0) is 30.7 Å². The number of hydrogen-bond donors (Lipinski definition) is 0. The maximum atomic E-state index is 12.0. The summed E-state index contributed by atoms with van der Waals surface area (Å²) in [6, 6.07) is 2.82. The van der Waals surface area contributed by atoms with Crippen molar-refractivity contribution in [2.24, 2.45) is 0 Å². The summed E-state index contributed by atoms with van der Waals surface area (Å²) in [5.74, 6) is -1.09. The van der Waals surface area contributed by atoms with Crippen LogP contribution in [0.5, 0.6) is 0 Å². The molecule has 7 nitrogen and oxygen atoms in total. The van der Waals surface area contributed by atoms with Gasteiger partial charge in [0, 0.05) is 7.05 Å². The van der Waals surface area contributed by atoms with E-state index >= 15 is 0 Å². The van der Waals surface area contributed by atoms with E-state index in [1.165, 1.54) is 19.2 Å². The number of carbonyl (C=O) groups is 2. The number of carbonyl (C=O) groups excluding carboxylic acids is 2. The summed E-state index contributed by atoms with van der Waals surface area (Å²) in [4.78, 5) is 28.4. The van der Waals surface area contributed by atoms with Crippen molar-refractivity contribution in [2.45, 2.75) is 6.92 Å². The molecule has 0 aromatic carbocycles. The van der Waals surface area contributed by atoms with Gasteiger partial charge < -0.3 is 13.6 Å². The van der Waals surface area contributed by atoms with E-state index in [0.717, 1.165) is 11.2 Å². The number of amides is 1. The molecule has 0 unspecified atom stereocenters. The molecular formula is C12H11ClN2O5. The predicted octanol–water partition coefficient (Wildman–Crippen LogP) is 2.37. The molecular weight excluding hydrogens is 288 g/mol. The van der Waals surface area contributed by atoms with Crippen LogP contribution >= 0.6 is 11.6 Å². The Bertz CT molecular complexity index is 633. The molecule has 106 valence electrons. The number of anilines is 1. The number of oxazole rings is 1. The minimum absolute atomic E-state index is 0.0148. The Hall–Kier alpha value is -2.28. The number of ether oxygens (including phenoxy) is 1. The zero-order chi connectivity index (χ0) is 14.7. The topological polar surface area (TPSA) is 85.8 Å². The molecule has 2 aromatic heterocycles. The van der Waals surface area contributed by atoms with Gasteiger partial charge in [0.25, 0.3) is 5.91 Å². The molecule has 0 radical (unpaired) electrons. The lowest BCUT2D eigenvalue weighted by atomic mass is 10.4. The zero-order valence-corrected chi connectivity index (χ0v) is 11.5. The Morgan fingerprint density at radius 1 is 1.45 bits per heavy atom. The van der Waals surface area contributed by atoms with Crippen LogP contribution in [0.1, 0.15) is 28.0 Å². The minimum atomic E-state index is -0.621. The van der Waals surface area contributed by atoms with Gasteiger partial charge >= 0.3 is 12.0 Å². The molecule has 1 amide bonds. The first-order valence-electron chi connectivity index (χ1n) is 5.69. The van der Waals surface area contributed by atoms with E-state index in [2.05, 4.69) is 4.98 Å². The number of furan rings is 1. The summed E-state index contributed by atoms with van der Waals surface area (Å²) in [5.41, 5.74) is -0.0148. The molecule has 0 fully saturated rings. The van der Waals surface area contributed by atoms with Gasteiger partial charge in [-0.2, -0.15) is 4.98 Å². The van der Waals surface area contributed by atoms with E-state index in [9.17, 15) is 9.59 Å². The molecule has 0 aliphatic rings. The lowest BCUT2D eigenvalue weighted by Crippen LogP contribution is -2.26. The first-order chi connectivity index (χ1) is 9.52. The molecule has 2 aromatic rings. The normalized spacial score (nSPS) is 10.3. The average Bonchev–Trinajstić information content (AvgIpc) is 3.06. The average molecular weight is 299 g/mol. The molecule has 0 aliphatic heterocycles. The van der Waals surface area contributed by atoms with Crippen LogP contribution in [-0.4, -0.2) is 30.5 Å². The van der Waals surface area contributed by atoms with Gasteiger partial charge in [-0.3, -0.25) is 9.69 Å². The summed E-state index contributed by atoms with van der Waals surface area (Å²) >= 11 is 5.60. The van der Waals surface area contributed by atoms with E-state index in [0.29, 0.717) is 0 Å². The van der Waals surface area contributed by atoms with Crippen molar-refractivity contribution in [1.82, 2.24) is 4.98 Å². The molecule has 0 saturated carbocycles.